The van der Waals surface area contributed by atoms with Gasteiger partial charge in [-0.05, 0) is 51.9 Å². The van der Waals surface area contributed by atoms with E-state index in [1.165, 1.54) is 31.3 Å². The third-order valence-corrected chi connectivity index (χ3v) is 7.98. The molecule has 0 saturated heterocycles. The average molecular weight is 376 g/mol. The molecule has 4 heteroatoms. The molecule has 3 nitrogen and oxygen atoms in total. The summed E-state index contributed by atoms with van der Waals surface area (Å²) in [6.07, 6.45) is 15.1. The number of carbonyl (C=O) groups is 2. The molecule has 0 aromatic heterocycles. The molecule has 26 heavy (non-hydrogen) atoms. The van der Waals surface area contributed by atoms with Gasteiger partial charge >= 0.3 is 0 Å². The minimum absolute atomic E-state index is 0.0837. The molecule has 2 atom stereocenters. The predicted octanol–water partition coefficient (Wildman–Crippen LogP) is 5.06. The Bertz CT molecular complexity index is 589. The van der Waals surface area contributed by atoms with Crippen LogP contribution in [-0.2, 0) is 9.59 Å². The van der Waals surface area contributed by atoms with E-state index in [1.54, 1.807) is 11.1 Å². The highest BCUT2D eigenvalue weighted by molar-refractivity contribution is 8.01. The van der Waals surface area contributed by atoms with Gasteiger partial charge in [-0.3, -0.25) is 4.79 Å². The maximum absolute atomic E-state index is 13.2. The molecule has 0 aliphatic heterocycles. The summed E-state index contributed by atoms with van der Waals surface area (Å²) in [7, 11) is 1.98. The Hall–Kier alpha value is -1.03. The number of aldehydes is 1. The molecular formula is C22H33NO2S. The van der Waals surface area contributed by atoms with Crippen LogP contribution in [0.25, 0.3) is 0 Å². The Labute approximate surface area is 162 Å². The van der Waals surface area contributed by atoms with Crippen LogP contribution in [0.5, 0.6) is 0 Å². The molecule has 2 saturated carbocycles. The van der Waals surface area contributed by atoms with Crippen LogP contribution in [0.1, 0.15) is 77.6 Å². The van der Waals surface area contributed by atoms with Gasteiger partial charge in [0.2, 0.25) is 5.91 Å². The number of hydrogen-bond acceptors (Lipinski definition) is 3. The third-order valence-electron chi connectivity index (χ3n) is 6.41. The van der Waals surface area contributed by atoms with Gasteiger partial charge in [0.15, 0.2) is 0 Å². The third kappa shape index (κ3) is 4.62. The quantitative estimate of drug-likeness (QED) is 0.461. The van der Waals surface area contributed by atoms with Crippen LogP contribution in [0.4, 0.5) is 0 Å². The predicted molar refractivity (Wildman–Crippen MR) is 109 cm³/mol. The number of rotatable bonds is 7. The Balaban J connectivity index is 1.68. The fourth-order valence-corrected chi connectivity index (χ4v) is 6.25. The van der Waals surface area contributed by atoms with Gasteiger partial charge in [-0.2, -0.15) is 0 Å². The fourth-order valence-electron chi connectivity index (χ4n) is 4.65. The summed E-state index contributed by atoms with van der Waals surface area (Å²) in [6, 6.07) is 0.394. The van der Waals surface area contributed by atoms with Crippen molar-refractivity contribution in [1.82, 2.24) is 4.90 Å². The lowest BCUT2D eigenvalue weighted by Gasteiger charge is -2.34. The van der Waals surface area contributed by atoms with Crippen molar-refractivity contribution in [1.29, 1.82) is 0 Å². The number of fused-ring (bicyclic) bond motifs is 2. The van der Waals surface area contributed by atoms with Crippen LogP contribution >= 0.6 is 11.8 Å². The second-order valence-electron chi connectivity index (χ2n) is 8.18. The van der Waals surface area contributed by atoms with Crippen LogP contribution < -0.4 is 0 Å². The molecule has 0 spiro atoms. The van der Waals surface area contributed by atoms with Crippen molar-refractivity contribution in [3.8, 4) is 0 Å². The summed E-state index contributed by atoms with van der Waals surface area (Å²) >= 11 is 1.83. The molecule has 3 rings (SSSR count). The van der Waals surface area contributed by atoms with Crippen molar-refractivity contribution in [3.63, 3.8) is 0 Å². The van der Waals surface area contributed by atoms with Crippen LogP contribution in [0.3, 0.4) is 0 Å². The second kappa shape index (κ2) is 9.25. The van der Waals surface area contributed by atoms with E-state index in [1.807, 2.05) is 23.7 Å². The maximum atomic E-state index is 13.2. The van der Waals surface area contributed by atoms with E-state index < -0.39 is 0 Å². The van der Waals surface area contributed by atoms with Crippen molar-refractivity contribution >= 4 is 24.0 Å². The molecule has 3 aliphatic carbocycles. The first-order valence-corrected chi connectivity index (χ1v) is 11.3. The molecule has 0 N–H and O–H groups in total. The van der Waals surface area contributed by atoms with Crippen molar-refractivity contribution in [2.75, 3.05) is 7.05 Å². The van der Waals surface area contributed by atoms with Gasteiger partial charge in [0.05, 0.1) is 5.25 Å². The van der Waals surface area contributed by atoms with Gasteiger partial charge in [-0.15, -0.1) is 11.8 Å². The molecule has 2 unspecified atom stereocenters. The summed E-state index contributed by atoms with van der Waals surface area (Å²) in [5.74, 6) is 0.245. The van der Waals surface area contributed by atoms with Gasteiger partial charge in [-0.25, -0.2) is 0 Å². The fraction of sp³-hybridized carbons (Fsp3) is 0.727. The Morgan fingerprint density at radius 3 is 2.85 bits per heavy atom. The van der Waals surface area contributed by atoms with Crippen molar-refractivity contribution in [2.45, 2.75) is 94.1 Å². The Morgan fingerprint density at radius 2 is 2.12 bits per heavy atom. The lowest BCUT2D eigenvalue weighted by atomic mass is 9.94. The van der Waals surface area contributed by atoms with E-state index in [9.17, 15) is 9.59 Å². The zero-order valence-corrected chi connectivity index (χ0v) is 17.2. The first-order valence-electron chi connectivity index (χ1n) is 10.3. The monoisotopic (exact) mass is 375 g/mol. The SMILES string of the molecule is CC1=C2CC(=CCC1)C(SC(CCC=O)C(=O)N(C)C1CCCCC1)C2. The van der Waals surface area contributed by atoms with Crippen LogP contribution in [0, 0.1) is 0 Å². The van der Waals surface area contributed by atoms with Crippen molar-refractivity contribution in [2.24, 2.45) is 0 Å². The van der Waals surface area contributed by atoms with Gasteiger partial charge < -0.3 is 9.69 Å². The number of amides is 1. The van der Waals surface area contributed by atoms with Crippen molar-refractivity contribution < 1.29 is 9.59 Å². The molecule has 1 amide bonds. The normalized spacial score (nSPS) is 24.8. The molecule has 144 valence electrons. The molecule has 2 bridgehead atoms. The highest BCUT2D eigenvalue weighted by Crippen LogP contribution is 2.44. The number of nitrogens with zero attached hydrogens (tertiary/aromatic N) is 1. The van der Waals surface area contributed by atoms with E-state index in [4.69, 9.17) is 0 Å². The number of allylic oxidation sites excluding steroid dienone is 3. The number of carbonyl (C=O) groups excluding carboxylic acids is 2. The zero-order chi connectivity index (χ0) is 18.5. The Morgan fingerprint density at radius 1 is 1.35 bits per heavy atom. The van der Waals surface area contributed by atoms with Crippen LogP contribution in [-0.4, -0.2) is 40.7 Å². The number of hydrogen-bond donors (Lipinski definition) is 0. The molecule has 0 aromatic rings. The highest BCUT2D eigenvalue weighted by atomic mass is 32.2. The molecule has 3 aliphatic rings. The second-order valence-corrected chi connectivity index (χ2v) is 9.59. The molecule has 0 aromatic carbocycles. The summed E-state index contributed by atoms with van der Waals surface area (Å²) in [6.45, 7) is 2.27. The van der Waals surface area contributed by atoms with Crippen molar-refractivity contribution in [3.05, 3.63) is 22.8 Å². The van der Waals surface area contributed by atoms with E-state index >= 15 is 0 Å². The van der Waals surface area contributed by atoms with Gasteiger partial charge in [-0.1, -0.05) is 42.1 Å². The van der Waals surface area contributed by atoms with Crippen LogP contribution in [0.2, 0.25) is 0 Å². The minimum Gasteiger partial charge on any atom is -0.342 e. The van der Waals surface area contributed by atoms with Gasteiger partial charge in [0.1, 0.15) is 6.29 Å². The summed E-state index contributed by atoms with van der Waals surface area (Å²) < 4.78 is 0. The molecule has 2 fully saturated rings. The van der Waals surface area contributed by atoms with E-state index in [0.717, 1.165) is 38.4 Å². The topological polar surface area (TPSA) is 37.4 Å². The average Bonchev–Trinajstić information content (AvgIpc) is 2.97. The summed E-state index contributed by atoms with van der Waals surface area (Å²) in [5.41, 5.74) is 4.66. The minimum atomic E-state index is -0.0837. The molecule has 0 heterocycles. The maximum Gasteiger partial charge on any atom is 0.235 e. The lowest BCUT2D eigenvalue weighted by Crippen LogP contribution is -2.43. The van der Waals surface area contributed by atoms with E-state index in [0.29, 0.717) is 24.1 Å². The largest absolute Gasteiger partial charge is 0.342 e. The Kier molecular flexibility index (Phi) is 7.02. The van der Waals surface area contributed by atoms with Gasteiger partial charge in [0, 0.05) is 24.8 Å². The molecular weight excluding hydrogens is 342 g/mol. The first kappa shape index (κ1) is 19.7. The van der Waals surface area contributed by atoms with E-state index in [2.05, 4.69) is 13.0 Å². The highest BCUT2D eigenvalue weighted by Gasteiger charge is 2.34. The number of thioether (sulfide) groups is 1. The van der Waals surface area contributed by atoms with Crippen LogP contribution in [0.15, 0.2) is 22.8 Å². The summed E-state index contributed by atoms with van der Waals surface area (Å²) in [4.78, 5) is 26.2. The summed E-state index contributed by atoms with van der Waals surface area (Å²) in [5, 5.41) is 0.347. The first-order chi connectivity index (χ1) is 12.6. The molecule has 0 radical (unpaired) electrons. The zero-order valence-electron chi connectivity index (χ0n) is 16.3. The lowest BCUT2D eigenvalue weighted by molar-refractivity contribution is -0.132. The van der Waals surface area contributed by atoms with Gasteiger partial charge in [0.25, 0.3) is 0 Å². The standard InChI is InChI=1S/C22H33NO2S/c1-16-8-6-9-17-14-18(16)15-21(17)26-20(12-7-13-24)22(25)23(2)19-10-4-3-5-11-19/h9,13,19-21H,3-8,10-12,14-15H2,1-2H3. The van der Waals surface area contributed by atoms with E-state index in [-0.39, 0.29) is 11.2 Å². The smallest absolute Gasteiger partial charge is 0.235 e.